The van der Waals surface area contributed by atoms with E-state index < -0.39 is 45.3 Å². The van der Waals surface area contributed by atoms with Crippen molar-refractivity contribution in [2.75, 3.05) is 13.2 Å². The molecule has 1 aromatic heterocycles. The molecule has 0 saturated heterocycles. The number of halogens is 2. The lowest BCUT2D eigenvalue weighted by molar-refractivity contribution is -0.127. The van der Waals surface area contributed by atoms with Crippen LogP contribution >= 0.6 is 30.6 Å². The van der Waals surface area contributed by atoms with Crippen molar-refractivity contribution >= 4 is 98.7 Å². The van der Waals surface area contributed by atoms with Gasteiger partial charge in [-0.25, -0.2) is 9.69 Å². The molecule has 5 aromatic rings. The van der Waals surface area contributed by atoms with Gasteiger partial charge in [-0.3, -0.25) is 9.59 Å². The standard InChI is InChI=1S/C33H49ClN2O4Si2.C32H46ClN3O3Si2.CH3PS/c1-22-25(16-19-28(35-9)30(22)34)20-27(23(2)39-41(10,11)32(3,4)5)31(38)36-21-29(37)24-14-17-26(18-15-24)40-42(12,13)33(6,7)8;1-21-24(16-19-27(34-9)28(21)33)20-26(22(2)38-40(10,11)31(3,4)5)30-36-35-29(37-30)23-14-17-25(18-15-23)39-41(12,13)32(6,7)8;1-2-3/h14-19,23,27H,20-21H2,1-8,10-13H3,(H,36,38);14-19,22,26H,20H2,1-8,10-13H3;1H3/t23-,27+;22-,26+;/m00./s1. The quantitative estimate of drug-likeness (QED) is 0.0348. The van der Waals surface area contributed by atoms with E-state index in [9.17, 15) is 9.59 Å². The topological polar surface area (TPSA) is 131 Å². The summed E-state index contributed by atoms with van der Waals surface area (Å²) in [4.78, 5) is 33.8. The van der Waals surface area contributed by atoms with Crippen LogP contribution in [0.15, 0.2) is 77.2 Å². The van der Waals surface area contributed by atoms with E-state index in [2.05, 4.69) is 179 Å². The fourth-order valence-electron chi connectivity index (χ4n) is 8.05. The fraction of sp³-hybridized carbons (Fsp3) is 0.545. The van der Waals surface area contributed by atoms with Gasteiger partial charge in [-0.05, 0) is 198 Å². The lowest BCUT2D eigenvalue weighted by Crippen LogP contribution is -2.48. The molecule has 86 heavy (non-hydrogen) atoms. The Morgan fingerprint density at radius 3 is 1.40 bits per heavy atom. The van der Waals surface area contributed by atoms with Gasteiger partial charge in [-0.15, -0.1) is 10.2 Å². The number of aromatic nitrogens is 2. The van der Waals surface area contributed by atoms with Gasteiger partial charge in [-0.1, -0.05) is 142 Å². The summed E-state index contributed by atoms with van der Waals surface area (Å²) in [6, 6.07) is 22.3. The van der Waals surface area contributed by atoms with E-state index in [1.165, 1.54) is 0 Å². The predicted octanol–water partition coefficient (Wildman–Crippen LogP) is 20.5. The van der Waals surface area contributed by atoms with Crippen molar-refractivity contribution in [3.05, 3.63) is 139 Å². The van der Waals surface area contributed by atoms with Gasteiger partial charge in [0.05, 0.1) is 53.8 Å². The van der Waals surface area contributed by atoms with Crippen molar-refractivity contribution in [1.29, 1.82) is 0 Å². The third-order valence-electron chi connectivity index (χ3n) is 17.9. The molecule has 1 heterocycles. The highest BCUT2D eigenvalue weighted by Crippen LogP contribution is 2.44. The average Bonchev–Trinajstić information content (AvgIpc) is 2.96. The highest BCUT2D eigenvalue weighted by Gasteiger charge is 2.44. The molecule has 0 aliphatic rings. The van der Waals surface area contributed by atoms with Gasteiger partial charge in [0.1, 0.15) is 11.5 Å². The Balaban J connectivity index is 0.000000431. The van der Waals surface area contributed by atoms with Crippen LogP contribution in [0.2, 0.25) is 82.6 Å². The van der Waals surface area contributed by atoms with E-state index in [-0.39, 0.29) is 50.4 Å². The zero-order valence-electron chi connectivity index (χ0n) is 56.1. The second kappa shape index (κ2) is 30.4. The Bertz CT molecular complexity index is 3210. The molecule has 0 fully saturated rings. The van der Waals surface area contributed by atoms with Crippen molar-refractivity contribution in [3.63, 3.8) is 0 Å². The molecule has 0 bridgehead atoms. The number of Topliss-reactive ketones (excluding diaryl/α,β-unsaturated/α-hetero) is 1. The van der Waals surface area contributed by atoms with E-state index in [4.69, 9.17) is 58.5 Å². The molecule has 1 N–H and O–H groups in total. The number of benzene rings is 4. The third-order valence-corrected chi connectivity index (χ3v) is 36.8. The van der Waals surface area contributed by atoms with Crippen LogP contribution in [0.25, 0.3) is 21.1 Å². The SMILES string of the molecule is CP=S.[C-]#[N+]c1ccc(C[C@@H](C(=O)NCC(=O)c2ccc(O[Si](C)(C)C(C)(C)C)cc2)[C@H](C)O[Si](C)(C)C(C)(C)C)c(C)c1Cl.[C-]#[N+]c1ccc(C[C@@H](c2nnc(-c3ccc(O[Si](C)(C)C(C)(C)C)cc3)o2)[C@H](C)O[Si](C)(C)C(C)(C)C)c(C)c1Cl. The van der Waals surface area contributed by atoms with Crippen LogP contribution in [0.1, 0.15) is 141 Å². The third kappa shape index (κ3) is 20.3. The van der Waals surface area contributed by atoms with E-state index >= 15 is 0 Å². The highest BCUT2D eigenvalue weighted by molar-refractivity contribution is 7.96. The molecule has 0 radical (unpaired) electrons. The maximum absolute atomic E-state index is 13.7. The summed E-state index contributed by atoms with van der Waals surface area (Å²) < 4.78 is 32.6. The largest absolute Gasteiger partial charge is 0.544 e. The Labute approximate surface area is 538 Å². The number of rotatable bonds is 20. The average molecular weight is 1320 g/mol. The summed E-state index contributed by atoms with van der Waals surface area (Å²) in [6.45, 7) is 68.5. The first-order valence-electron chi connectivity index (χ1n) is 29.4. The summed E-state index contributed by atoms with van der Waals surface area (Å²) in [6.07, 6.45) is 0.398. The maximum Gasteiger partial charge on any atom is 0.250 e. The zero-order valence-corrected chi connectivity index (χ0v) is 63.3. The maximum atomic E-state index is 13.7. The van der Waals surface area contributed by atoms with Crippen LogP contribution in [-0.4, -0.2) is 80.6 Å². The molecule has 0 aliphatic carbocycles. The van der Waals surface area contributed by atoms with Gasteiger partial charge in [0, 0.05) is 11.1 Å². The Kier molecular flexibility index (Phi) is 26.8. The normalized spacial score (nSPS) is 14.0. The van der Waals surface area contributed by atoms with Crippen LogP contribution in [-0.2, 0) is 38.3 Å². The fourth-order valence-corrected chi connectivity index (χ4v) is 13.5. The number of nitrogens with zero attached hydrogens (tertiary/aromatic N) is 4. The molecule has 5 rings (SSSR count). The van der Waals surface area contributed by atoms with Crippen LogP contribution in [0.4, 0.5) is 11.4 Å². The minimum Gasteiger partial charge on any atom is -0.544 e. The van der Waals surface area contributed by atoms with Crippen LogP contribution < -0.4 is 14.2 Å². The van der Waals surface area contributed by atoms with Gasteiger partial charge >= 0.3 is 0 Å². The minimum absolute atomic E-state index is 0.0325. The minimum atomic E-state index is -2.19. The monoisotopic (exact) mass is 1320 g/mol. The van der Waals surface area contributed by atoms with Crippen LogP contribution in [0.3, 0.4) is 0 Å². The van der Waals surface area contributed by atoms with Crippen molar-refractivity contribution in [2.24, 2.45) is 5.92 Å². The van der Waals surface area contributed by atoms with E-state index in [1.807, 2.05) is 76.0 Å². The number of carbonyl (C=O) groups is 2. The molecule has 20 heteroatoms. The number of hydrogen-bond donors (Lipinski definition) is 1. The smallest absolute Gasteiger partial charge is 0.250 e. The first-order valence-corrected chi connectivity index (χ1v) is 44.1. The lowest BCUT2D eigenvalue weighted by atomic mass is 9.91. The first kappa shape index (κ1) is 75.9. The van der Waals surface area contributed by atoms with Crippen LogP contribution in [0, 0.1) is 32.9 Å². The predicted molar refractivity (Wildman–Crippen MR) is 373 cm³/mol. The molecule has 0 unspecified atom stereocenters. The molecule has 0 aliphatic heterocycles. The second-order valence-electron chi connectivity index (χ2n) is 28.4. The van der Waals surface area contributed by atoms with Gasteiger partial charge in [0.15, 0.2) is 22.4 Å². The van der Waals surface area contributed by atoms with Crippen molar-refractivity contribution < 1.29 is 31.7 Å². The molecule has 0 spiro atoms. The van der Waals surface area contributed by atoms with Crippen molar-refractivity contribution in [3.8, 4) is 23.0 Å². The lowest BCUT2D eigenvalue weighted by Gasteiger charge is -2.40. The Hall–Kier alpha value is -4.37. The van der Waals surface area contributed by atoms with Crippen molar-refractivity contribution in [1.82, 2.24) is 15.5 Å². The Morgan fingerprint density at radius 2 is 1.00 bits per heavy atom. The van der Waals surface area contributed by atoms with Crippen LogP contribution in [0.5, 0.6) is 11.5 Å². The van der Waals surface area contributed by atoms with Crippen molar-refractivity contribution in [2.45, 2.75) is 214 Å². The van der Waals surface area contributed by atoms with Gasteiger partial charge in [0.2, 0.25) is 45.7 Å². The summed E-state index contributed by atoms with van der Waals surface area (Å²) >= 11 is 17.4. The molecular weight excluding hydrogens is 1220 g/mol. The summed E-state index contributed by atoms with van der Waals surface area (Å²) in [5.74, 6) is 1.40. The summed E-state index contributed by atoms with van der Waals surface area (Å²) in [5, 5.41) is 12.9. The molecular formula is C66H98Cl2N5O7PSSi4. The molecule has 4 atom stereocenters. The number of ketones is 1. The molecule has 0 saturated carbocycles. The van der Waals surface area contributed by atoms with Gasteiger partial charge in [-0.2, -0.15) is 0 Å². The highest BCUT2D eigenvalue weighted by atomic mass is 35.5. The number of nitrogens with one attached hydrogen (secondary N) is 1. The first-order chi connectivity index (χ1) is 39.3. The number of hydrogen-bond acceptors (Lipinski definition) is 10. The van der Waals surface area contributed by atoms with E-state index in [0.29, 0.717) is 51.6 Å². The molecule has 470 valence electrons. The zero-order chi connectivity index (χ0) is 65.9. The Morgan fingerprint density at radius 1 is 0.616 bits per heavy atom. The number of amides is 1. The molecule has 12 nitrogen and oxygen atoms in total. The molecule has 4 aromatic carbocycles. The van der Waals surface area contributed by atoms with E-state index in [1.54, 1.807) is 24.3 Å². The van der Waals surface area contributed by atoms with Gasteiger partial charge < -0.3 is 27.4 Å². The summed E-state index contributed by atoms with van der Waals surface area (Å²) in [5.41, 5.74) is 5.76. The van der Waals surface area contributed by atoms with E-state index in [0.717, 1.165) is 46.7 Å². The molecule has 1 amide bonds. The van der Waals surface area contributed by atoms with Gasteiger partial charge in [0.25, 0.3) is 0 Å². The second-order valence-corrected chi connectivity index (χ2v) is 49.6. The summed E-state index contributed by atoms with van der Waals surface area (Å²) in [7, 11) is -7.20. The number of carbonyl (C=O) groups excluding carboxylic acids is 2.